The highest BCUT2D eigenvalue weighted by Gasteiger charge is 2.37. The lowest BCUT2D eigenvalue weighted by Crippen LogP contribution is -2.38. The standard InChI is InChI=1S/C13H11FN2O4/c14-8-2-1-7-3-4-16(10(7)5-8)12(17)11-6-9(13(18)19)15-20-11/h1-2,5,11H,3-4,6H2,(H,18,19). The maximum atomic E-state index is 13.3. The van der Waals surface area contributed by atoms with Gasteiger partial charge in [-0.1, -0.05) is 11.2 Å². The number of carbonyl (C=O) groups is 2. The van der Waals surface area contributed by atoms with Gasteiger partial charge in [0.05, 0.1) is 0 Å². The number of halogens is 1. The molecule has 3 rings (SSSR count). The van der Waals surface area contributed by atoms with Gasteiger partial charge in [0.15, 0.2) is 5.71 Å². The summed E-state index contributed by atoms with van der Waals surface area (Å²) < 4.78 is 13.3. The topological polar surface area (TPSA) is 79.2 Å². The number of hydrogen-bond acceptors (Lipinski definition) is 4. The molecular formula is C13H11FN2O4. The van der Waals surface area contributed by atoms with E-state index in [1.165, 1.54) is 17.0 Å². The number of rotatable bonds is 2. The fourth-order valence-electron chi connectivity index (χ4n) is 2.39. The van der Waals surface area contributed by atoms with Crippen LogP contribution in [0.3, 0.4) is 0 Å². The first-order valence-electron chi connectivity index (χ1n) is 6.12. The van der Waals surface area contributed by atoms with E-state index in [0.717, 1.165) is 5.56 Å². The SMILES string of the molecule is O=C(O)C1=NOC(C(=O)N2CCc3ccc(F)cc32)C1. The number of carbonyl (C=O) groups excluding carboxylic acids is 1. The summed E-state index contributed by atoms with van der Waals surface area (Å²) in [5.41, 5.74) is 1.22. The molecule has 0 fully saturated rings. The van der Waals surface area contributed by atoms with Crippen LogP contribution in [0.4, 0.5) is 10.1 Å². The maximum absolute atomic E-state index is 13.3. The van der Waals surface area contributed by atoms with Crippen molar-refractivity contribution in [2.24, 2.45) is 5.16 Å². The Morgan fingerprint density at radius 3 is 2.95 bits per heavy atom. The molecule has 0 saturated heterocycles. The van der Waals surface area contributed by atoms with Crippen molar-refractivity contribution in [2.45, 2.75) is 18.9 Å². The fourth-order valence-corrected chi connectivity index (χ4v) is 2.39. The highest BCUT2D eigenvalue weighted by Crippen LogP contribution is 2.30. The van der Waals surface area contributed by atoms with Gasteiger partial charge < -0.3 is 14.8 Å². The predicted octanol–water partition coefficient (Wildman–Crippen LogP) is 0.944. The molecule has 2 aliphatic rings. The smallest absolute Gasteiger partial charge is 0.353 e. The van der Waals surface area contributed by atoms with Gasteiger partial charge in [0.2, 0.25) is 6.10 Å². The van der Waals surface area contributed by atoms with Gasteiger partial charge in [-0.3, -0.25) is 4.79 Å². The number of benzene rings is 1. The zero-order valence-electron chi connectivity index (χ0n) is 10.4. The van der Waals surface area contributed by atoms with Gasteiger partial charge in [0.25, 0.3) is 5.91 Å². The highest BCUT2D eigenvalue weighted by atomic mass is 19.1. The molecule has 1 aromatic rings. The first-order chi connectivity index (χ1) is 9.56. The minimum Gasteiger partial charge on any atom is -0.477 e. The van der Waals surface area contributed by atoms with Crippen LogP contribution in [0, 0.1) is 5.82 Å². The summed E-state index contributed by atoms with van der Waals surface area (Å²) in [6, 6.07) is 4.30. The number of carboxylic acid groups (broad SMARTS) is 1. The molecule has 0 radical (unpaired) electrons. The first kappa shape index (κ1) is 12.6. The van der Waals surface area contributed by atoms with Gasteiger partial charge in [-0.15, -0.1) is 0 Å². The van der Waals surface area contributed by atoms with Gasteiger partial charge in [-0.2, -0.15) is 0 Å². The molecule has 0 bridgehead atoms. The quantitative estimate of drug-likeness (QED) is 0.873. The van der Waals surface area contributed by atoms with E-state index in [1.54, 1.807) is 6.07 Å². The van der Waals surface area contributed by atoms with E-state index in [2.05, 4.69) is 5.16 Å². The zero-order chi connectivity index (χ0) is 14.3. The molecule has 7 heteroatoms. The molecular weight excluding hydrogens is 267 g/mol. The Morgan fingerprint density at radius 2 is 2.25 bits per heavy atom. The number of anilines is 1. The molecule has 1 N–H and O–H groups in total. The van der Waals surface area contributed by atoms with Crippen molar-refractivity contribution >= 4 is 23.3 Å². The van der Waals surface area contributed by atoms with Crippen LogP contribution >= 0.6 is 0 Å². The van der Waals surface area contributed by atoms with E-state index in [1.807, 2.05) is 0 Å². The van der Waals surface area contributed by atoms with E-state index >= 15 is 0 Å². The Morgan fingerprint density at radius 1 is 1.45 bits per heavy atom. The van der Waals surface area contributed by atoms with Crippen LogP contribution in [-0.4, -0.2) is 35.3 Å². The summed E-state index contributed by atoms with van der Waals surface area (Å²) >= 11 is 0. The highest BCUT2D eigenvalue weighted by molar-refractivity contribution is 6.36. The number of nitrogens with zero attached hydrogens (tertiary/aromatic N) is 2. The van der Waals surface area contributed by atoms with Crippen LogP contribution in [0.2, 0.25) is 0 Å². The average Bonchev–Trinajstić information content (AvgIpc) is 3.04. The van der Waals surface area contributed by atoms with Crippen molar-refractivity contribution in [2.75, 3.05) is 11.4 Å². The maximum Gasteiger partial charge on any atom is 0.353 e. The Hall–Kier alpha value is -2.44. The number of fused-ring (bicyclic) bond motifs is 1. The molecule has 2 aliphatic heterocycles. The van der Waals surface area contributed by atoms with Gasteiger partial charge in [-0.25, -0.2) is 9.18 Å². The molecule has 0 aromatic heterocycles. The van der Waals surface area contributed by atoms with Gasteiger partial charge >= 0.3 is 5.97 Å². The van der Waals surface area contributed by atoms with Gasteiger partial charge in [0.1, 0.15) is 5.82 Å². The van der Waals surface area contributed by atoms with Gasteiger partial charge in [0, 0.05) is 18.7 Å². The third-order valence-electron chi connectivity index (χ3n) is 3.40. The molecule has 0 saturated carbocycles. The van der Waals surface area contributed by atoms with Crippen molar-refractivity contribution < 1.29 is 23.9 Å². The minimum atomic E-state index is -1.20. The third kappa shape index (κ3) is 2.01. The van der Waals surface area contributed by atoms with E-state index in [4.69, 9.17) is 9.94 Å². The summed E-state index contributed by atoms with van der Waals surface area (Å²) in [4.78, 5) is 29.3. The molecule has 1 atom stereocenters. The van der Waals surface area contributed by atoms with E-state index < -0.39 is 23.8 Å². The van der Waals surface area contributed by atoms with Crippen molar-refractivity contribution in [3.8, 4) is 0 Å². The Labute approximate surface area is 113 Å². The Kier molecular flexibility index (Phi) is 2.89. The molecule has 6 nitrogen and oxygen atoms in total. The number of aliphatic carboxylic acids is 1. The Bertz CT molecular complexity index is 629. The van der Waals surface area contributed by atoms with E-state index in [0.29, 0.717) is 18.7 Å². The van der Waals surface area contributed by atoms with Crippen molar-refractivity contribution in [3.05, 3.63) is 29.6 Å². The average molecular weight is 278 g/mol. The second kappa shape index (κ2) is 4.59. The number of hydrogen-bond donors (Lipinski definition) is 1. The van der Waals surface area contributed by atoms with Crippen molar-refractivity contribution in [1.29, 1.82) is 0 Å². The second-order valence-corrected chi connectivity index (χ2v) is 4.65. The van der Waals surface area contributed by atoms with Crippen molar-refractivity contribution in [3.63, 3.8) is 0 Å². The third-order valence-corrected chi connectivity index (χ3v) is 3.40. The van der Waals surface area contributed by atoms with E-state index in [-0.39, 0.29) is 12.1 Å². The van der Waals surface area contributed by atoms with Crippen LogP contribution in [0.15, 0.2) is 23.4 Å². The molecule has 20 heavy (non-hydrogen) atoms. The Balaban J connectivity index is 1.78. The van der Waals surface area contributed by atoms with Gasteiger partial charge in [-0.05, 0) is 24.1 Å². The molecule has 1 amide bonds. The minimum absolute atomic E-state index is 0.0741. The lowest BCUT2D eigenvalue weighted by molar-refractivity contribution is -0.129. The fraction of sp³-hybridized carbons (Fsp3) is 0.308. The lowest BCUT2D eigenvalue weighted by atomic mass is 10.1. The summed E-state index contributed by atoms with van der Waals surface area (Å²) in [6.07, 6.45) is -0.383. The molecule has 104 valence electrons. The predicted molar refractivity (Wildman–Crippen MR) is 67.0 cm³/mol. The molecule has 2 heterocycles. The number of amides is 1. The molecule has 0 spiro atoms. The van der Waals surface area contributed by atoms with Crippen LogP contribution < -0.4 is 4.90 Å². The summed E-state index contributed by atoms with van der Waals surface area (Å²) in [6.45, 7) is 0.430. The molecule has 1 aromatic carbocycles. The zero-order valence-corrected chi connectivity index (χ0v) is 10.4. The van der Waals surface area contributed by atoms with E-state index in [9.17, 15) is 14.0 Å². The van der Waals surface area contributed by atoms with Crippen LogP contribution in [0.25, 0.3) is 0 Å². The molecule has 1 unspecified atom stereocenters. The van der Waals surface area contributed by atoms with Crippen LogP contribution in [-0.2, 0) is 20.8 Å². The summed E-state index contributed by atoms with van der Waals surface area (Å²) in [7, 11) is 0. The van der Waals surface area contributed by atoms with Crippen LogP contribution in [0.1, 0.15) is 12.0 Å². The first-order valence-corrected chi connectivity index (χ1v) is 6.12. The van der Waals surface area contributed by atoms with Crippen molar-refractivity contribution in [1.82, 2.24) is 0 Å². The summed E-state index contributed by atoms with van der Waals surface area (Å²) in [5.74, 6) is -2.01. The monoisotopic (exact) mass is 278 g/mol. The summed E-state index contributed by atoms with van der Waals surface area (Å²) in [5, 5.41) is 12.2. The second-order valence-electron chi connectivity index (χ2n) is 4.65. The normalized spacial score (nSPS) is 20.4. The lowest BCUT2D eigenvalue weighted by Gasteiger charge is -2.19. The number of oxime groups is 1. The van der Waals surface area contributed by atoms with Crippen LogP contribution in [0.5, 0.6) is 0 Å². The largest absolute Gasteiger partial charge is 0.477 e. The number of carboxylic acids is 1. The molecule has 0 aliphatic carbocycles.